The molecule has 0 aliphatic heterocycles. The number of benzene rings is 2. The number of carbonyl (C=O) groups excluding carboxylic acids is 2. The van der Waals surface area contributed by atoms with Crippen LogP contribution in [0.1, 0.15) is 12.8 Å². The minimum atomic E-state index is -0.558. The molecule has 2 aromatic rings. The van der Waals surface area contributed by atoms with Crippen LogP contribution in [0, 0.1) is 5.82 Å². The first-order valence-corrected chi connectivity index (χ1v) is 7.72. The zero-order chi connectivity index (χ0) is 18.1. The molecular formula is C18H19FN2O4. The van der Waals surface area contributed by atoms with Crippen molar-refractivity contribution in [1.29, 1.82) is 0 Å². The molecule has 25 heavy (non-hydrogen) atoms. The number of nitrogens with two attached hydrogens (primary N) is 1. The molecule has 0 fully saturated rings. The highest BCUT2D eigenvalue weighted by molar-refractivity contribution is 5.90. The van der Waals surface area contributed by atoms with Gasteiger partial charge in [0.1, 0.15) is 17.3 Å². The summed E-state index contributed by atoms with van der Waals surface area (Å²) in [5.74, 6) is -0.155. The second kappa shape index (κ2) is 9.27. The molecule has 3 N–H and O–H groups in total. The van der Waals surface area contributed by atoms with Crippen LogP contribution in [-0.2, 0) is 9.59 Å². The van der Waals surface area contributed by atoms with Gasteiger partial charge in [-0.15, -0.1) is 0 Å². The van der Waals surface area contributed by atoms with E-state index in [9.17, 15) is 14.0 Å². The predicted octanol–water partition coefficient (Wildman–Crippen LogP) is 2.49. The van der Waals surface area contributed by atoms with Crippen molar-refractivity contribution in [2.75, 3.05) is 18.5 Å². The zero-order valence-electron chi connectivity index (χ0n) is 13.5. The first kappa shape index (κ1) is 18.3. The van der Waals surface area contributed by atoms with E-state index in [2.05, 4.69) is 5.32 Å². The van der Waals surface area contributed by atoms with E-state index < -0.39 is 5.91 Å². The summed E-state index contributed by atoms with van der Waals surface area (Å²) in [7, 11) is 0. The number of hydrogen-bond donors (Lipinski definition) is 2. The van der Waals surface area contributed by atoms with E-state index in [1.165, 1.54) is 12.1 Å². The lowest BCUT2D eigenvalue weighted by atomic mass is 10.2. The Labute approximate surface area is 144 Å². The second-order valence-corrected chi connectivity index (χ2v) is 5.24. The fourth-order valence-corrected chi connectivity index (χ4v) is 1.99. The van der Waals surface area contributed by atoms with Crippen LogP contribution in [0.25, 0.3) is 0 Å². The van der Waals surface area contributed by atoms with Gasteiger partial charge in [-0.05, 0) is 42.8 Å². The molecule has 0 aliphatic carbocycles. The van der Waals surface area contributed by atoms with Gasteiger partial charge in [0.05, 0.1) is 6.61 Å². The summed E-state index contributed by atoms with van der Waals surface area (Å²) in [5, 5.41) is 2.74. The molecule has 0 saturated heterocycles. The molecule has 7 heteroatoms. The summed E-state index contributed by atoms with van der Waals surface area (Å²) < 4.78 is 23.5. The van der Waals surface area contributed by atoms with Gasteiger partial charge in [-0.1, -0.05) is 6.07 Å². The van der Waals surface area contributed by atoms with E-state index >= 15 is 0 Å². The molecule has 2 amide bonds. The zero-order valence-corrected chi connectivity index (χ0v) is 13.5. The lowest BCUT2D eigenvalue weighted by Gasteiger charge is -2.08. The number of anilines is 1. The summed E-state index contributed by atoms with van der Waals surface area (Å²) in [5.41, 5.74) is 5.60. The average molecular weight is 346 g/mol. The summed E-state index contributed by atoms with van der Waals surface area (Å²) in [6.45, 7) is 0.119. The molecule has 2 rings (SSSR count). The Morgan fingerprint density at radius 3 is 2.48 bits per heavy atom. The second-order valence-electron chi connectivity index (χ2n) is 5.24. The number of ether oxygens (including phenoxy) is 2. The predicted molar refractivity (Wildman–Crippen MR) is 90.9 cm³/mol. The van der Waals surface area contributed by atoms with Gasteiger partial charge in [-0.25, -0.2) is 4.39 Å². The van der Waals surface area contributed by atoms with Gasteiger partial charge in [0.25, 0.3) is 5.91 Å². The molecule has 0 heterocycles. The molecule has 132 valence electrons. The molecule has 0 aromatic heterocycles. The van der Waals surface area contributed by atoms with E-state index in [0.29, 0.717) is 30.2 Å². The summed E-state index contributed by atoms with van der Waals surface area (Å²) in [6, 6.07) is 12.4. The first-order valence-electron chi connectivity index (χ1n) is 7.72. The molecular weight excluding hydrogens is 327 g/mol. The van der Waals surface area contributed by atoms with Crippen molar-refractivity contribution >= 4 is 17.5 Å². The Balaban J connectivity index is 1.68. The van der Waals surface area contributed by atoms with E-state index in [1.54, 1.807) is 36.4 Å². The van der Waals surface area contributed by atoms with Crippen molar-refractivity contribution in [3.05, 3.63) is 54.3 Å². The maximum absolute atomic E-state index is 13.0. The van der Waals surface area contributed by atoms with Crippen molar-refractivity contribution in [2.24, 2.45) is 5.73 Å². The van der Waals surface area contributed by atoms with Crippen molar-refractivity contribution in [3.8, 4) is 11.5 Å². The van der Waals surface area contributed by atoms with Crippen LogP contribution in [0.3, 0.4) is 0 Å². The Bertz CT molecular complexity index is 719. The molecule has 0 unspecified atom stereocenters. The maximum Gasteiger partial charge on any atom is 0.255 e. The number of primary amides is 1. The third kappa shape index (κ3) is 6.90. The molecule has 0 bridgehead atoms. The molecule has 0 aliphatic rings. The molecule has 2 aromatic carbocycles. The molecule has 0 radical (unpaired) electrons. The SMILES string of the molecule is NC(=O)COc1ccc(NC(=O)CCCOc2cccc(F)c2)cc1. The number of hydrogen-bond acceptors (Lipinski definition) is 4. The van der Waals surface area contributed by atoms with Crippen LogP contribution in [0.5, 0.6) is 11.5 Å². The number of carbonyl (C=O) groups is 2. The first-order chi connectivity index (χ1) is 12.0. The van der Waals surface area contributed by atoms with Crippen LogP contribution in [0.2, 0.25) is 0 Å². The number of rotatable bonds is 9. The Morgan fingerprint density at radius 2 is 1.80 bits per heavy atom. The standard InChI is InChI=1S/C18H19FN2O4/c19-13-3-1-4-16(11-13)24-10-2-5-18(23)21-14-6-8-15(9-7-14)25-12-17(20)22/h1,3-4,6-9,11H,2,5,10,12H2,(H2,20,22)(H,21,23). The van der Waals surface area contributed by atoms with Gasteiger partial charge in [0, 0.05) is 18.2 Å². The fraction of sp³-hybridized carbons (Fsp3) is 0.222. The van der Waals surface area contributed by atoms with Crippen molar-refractivity contribution in [2.45, 2.75) is 12.8 Å². The van der Waals surface area contributed by atoms with Gasteiger partial charge in [0.15, 0.2) is 6.61 Å². The molecule has 0 atom stereocenters. The van der Waals surface area contributed by atoms with E-state index in [4.69, 9.17) is 15.2 Å². The third-order valence-electron chi connectivity index (χ3n) is 3.13. The van der Waals surface area contributed by atoms with E-state index in [-0.39, 0.29) is 24.8 Å². The highest BCUT2D eigenvalue weighted by Gasteiger charge is 2.04. The monoisotopic (exact) mass is 346 g/mol. The lowest BCUT2D eigenvalue weighted by molar-refractivity contribution is -0.120. The normalized spacial score (nSPS) is 10.1. The smallest absolute Gasteiger partial charge is 0.255 e. The van der Waals surface area contributed by atoms with Gasteiger partial charge in [-0.2, -0.15) is 0 Å². The van der Waals surface area contributed by atoms with E-state index in [1.807, 2.05) is 0 Å². The Hall–Kier alpha value is -3.09. The van der Waals surface area contributed by atoms with Crippen LogP contribution in [0.15, 0.2) is 48.5 Å². The van der Waals surface area contributed by atoms with Gasteiger partial charge >= 0.3 is 0 Å². The van der Waals surface area contributed by atoms with Gasteiger partial charge < -0.3 is 20.5 Å². The Kier molecular flexibility index (Phi) is 6.76. The molecule has 0 saturated carbocycles. The summed E-state index contributed by atoms with van der Waals surface area (Å²) in [4.78, 5) is 22.5. The molecule has 0 spiro atoms. The van der Waals surface area contributed by atoms with Gasteiger partial charge in [0.2, 0.25) is 5.91 Å². The highest BCUT2D eigenvalue weighted by Crippen LogP contribution is 2.16. The van der Waals surface area contributed by atoms with Crippen LogP contribution >= 0.6 is 0 Å². The molecule has 6 nitrogen and oxygen atoms in total. The maximum atomic E-state index is 13.0. The number of nitrogens with one attached hydrogen (secondary N) is 1. The van der Waals surface area contributed by atoms with Crippen LogP contribution in [0.4, 0.5) is 10.1 Å². The highest BCUT2D eigenvalue weighted by atomic mass is 19.1. The quantitative estimate of drug-likeness (QED) is 0.683. The summed E-state index contributed by atoms with van der Waals surface area (Å²) >= 11 is 0. The van der Waals surface area contributed by atoms with E-state index in [0.717, 1.165) is 0 Å². The number of halogens is 1. The Morgan fingerprint density at radius 1 is 1.04 bits per heavy atom. The van der Waals surface area contributed by atoms with Crippen LogP contribution in [-0.4, -0.2) is 25.0 Å². The largest absolute Gasteiger partial charge is 0.493 e. The topological polar surface area (TPSA) is 90.7 Å². The van der Waals surface area contributed by atoms with Crippen molar-refractivity contribution < 1.29 is 23.5 Å². The van der Waals surface area contributed by atoms with Gasteiger partial charge in [-0.3, -0.25) is 9.59 Å². The number of amides is 2. The lowest BCUT2D eigenvalue weighted by Crippen LogP contribution is -2.20. The van der Waals surface area contributed by atoms with Crippen molar-refractivity contribution in [1.82, 2.24) is 0 Å². The van der Waals surface area contributed by atoms with Crippen molar-refractivity contribution in [3.63, 3.8) is 0 Å². The third-order valence-corrected chi connectivity index (χ3v) is 3.13. The minimum absolute atomic E-state index is 0.159. The fourth-order valence-electron chi connectivity index (χ4n) is 1.99. The summed E-state index contributed by atoms with van der Waals surface area (Å²) in [6.07, 6.45) is 0.775. The van der Waals surface area contributed by atoms with Crippen LogP contribution < -0.4 is 20.5 Å². The average Bonchev–Trinajstić information content (AvgIpc) is 2.58. The minimum Gasteiger partial charge on any atom is -0.493 e.